The van der Waals surface area contributed by atoms with Gasteiger partial charge in [-0.2, -0.15) is 0 Å². The fourth-order valence-electron chi connectivity index (χ4n) is 5.71. The predicted octanol–water partition coefficient (Wildman–Crippen LogP) is 4.20. The molecule has 2 nitrogen and oxygen atoms in total. The number of hydrogen-bond acceptors (Lipinski definition) is 2. The van der Waals surface area contributed by atoms with Gasteiger partial charge in [0.25, 0.3) is 0 Å². The van der Waals surface area contributed by atoms with E-state index in [1.165, 1.54) is 31.8 Å². The van der Waals surface area contributed by atoms with E-state index in [2.05, 4.69) is 27.4 Å². The summed E-state index contributed by atoms with van der Waals surface area (Å²) in [5.41, 5.74) is -0.199. The van der Waals surface area contributed by atoms with E-state index in [1.807, 2.05) is 0 Å². The second-order valence-corrected chi connectivity index (χ2v) is 7.56. The van der Waals surface area contributed by atoms with Gasteiger partial charge in [-0.05, 0) is 61.7 Å². The van der Waals surface area contributed by atoms with Gasteiger partial charge in [-0.1, -0.05) is 27.4 Å². The van der Waals surface area contributed by atoms with Crippen molar-refractivity contribution in [1.82, 2.24) is 0 Å². The van der Waals surface area contributed by atoms with Crippen LogP contribution in [-0.2, 0) is 9.53 Å². The Kier molecular flexibility index (Phi) is 3.46. The second-order valence-electron chi connectivity index (χ2n) is 7.56. The lowest BCUT2D eigenvalue weighted by molar-refractivity contribution is -0.189. The average molecular weight is 276 g/mol. The predicted molar refractivity (Wildman–Crippen MR) is 80.1 cm³/mol. The maximum absolute atomic E-state index is 12.0. The van der Waals surface area contributed by atoms with Crippen molar-refractivity contribution < 1.29 is 9.53 Å². The number of hydrogen-bond donors (Lipinski definition) is 0. The molecule has 112 valence electrons. The van der Waals surface area contributed by atoms with Crippen LogP contribution in [0.5, 0.6) is 0 Å². The van der Waals surface area contributed by atoms with Crippen LogP contribution in [0.2, 0.25) is 0 Å². The Morgan fingerprint density at radius 1 is 1.40 bits per heavy atom. The highest BCUT2D eigenvalue weighted by atomic mass is 16.6. The van der Waals surface area contributed by atoms with Gasteiger partial charge < -0.3 is 4.74 Å². The first kappa shape index (κ1) is 14.2. The molecule has 0 aromatic carbocycles. The molecule has 3 aliphatic carbocycles. The summed E-state index contributed by atoms with van der Waals surface area (Å²) in [5, 5.41) is 0. The molecular formula is C18H28O2. The van der Waals surface area contributed by atoms with Crippen LogP contribution in [0.4, 0.5) is 0 Å². The minimum Gasteiger partial charge on any atom is -0.455 e. The first-order valence-electron chi connectivity index (χ1n) is 8.38. The molecule has 20 heavy (non-hydrogen) atoms. The van der Waals surface area contributed by atoms with Crippen LogP contribution in [0.15, 0.2) is 12.7 Å². The summed E-state index contributed by atoms with van der Waals surface area (Å²) in [4.78, 5) is 12.0. The summed E-state index contributed by atoms with van der Waals surface area (Å²) in [6, 6.07) is 0. The van der Waals surface area contributed by atoms with Crippen molar-refractivity contribution in [1.29, 1.82) is 0 Å². The molecule has 0 aromatic heterocycles. The fourth-order valence-corrected chi connectivity index (χ4v) is 5.71. The summed E-state index contributed by atoms with van der Waals surface area (Å²) >= 11 is 0. The Balaban J connectivity index is 1.96. The van der Waals surface area contributed by atoms with Gasteiger partial charge in [-0.15, -0.1) is 0 Å². The molecule has 6 unspecified atom stereocenters. The van der Waals surface area contributed by atoms with Gasteiger partial charge in [0.2, 0.25) is 0 Å². The zero-order chi connectivity index (χ0) is 14.5. The molecular weight excluding hydrogens is 248 g/mol. The monoisotopic (exact) mass is 276 g/mol. The van der Waals surface area contributed by atoms with Gasteiger partial charge in [0.1, 0.15) is 5.60 Å². The zero-order valence-corrected chi connectivity index (χ0v) is 13.1. The highest BCUT2D eigenvalue weighted by Gasteiger charge is 2.66. The summed E-state index contributed by atoms with van der Waals surface area (Å²) in [6.07, 6.45) is 7.62. The first-order chi connectivity index (χ1) is 9.52. The molecule has 0 aromatic rings. The van der Waals surface area contributed by atoms with Crippen LogP contribution >= 0.6 is 0 Å². The molecule has 0 N–H and O–H groups in total. The second kappa shape index (κ2) is 4.89. The Labute approximate surface area is 123 Å². The van der Waals surface area contributed by atoms with Crippen LogP contribution in [0.3, 0.4) is 0 Å². The van der Waals surface area contributed by atoms with Gasteiger partial charge in [-0.3, -0.25) is 0 Å². The molecule has 0 saturated heterocycles. The lowest BCUT2D eigenvalue weighted by Crippen LogP contribution is -2.56. The van der Waals surface area contributed by atoms with Crippen LogP contribution in [-0.4, -0.2) is 11.6 Å². The number of rotatable bonds is 4. The average Bonchev–Trinajstić information content (AvgIpc) is 2.56. The zero-order valence-electron chi connectivity index (χ0n) is 13.1. The molecule has 0 heterocycles. The van der Waals surface area contributed by atoms with Gasteiger partial charge in [0.15, 0.2) is 0 Å². The summed E-state index contributed by atoms with van der Waals surface area (Å²) in [6.45, 7) is 10.5. The first-order valence-corrected chi connectivity index (χ1v) is 8.38. The SMILES string of the molecule is C=CC(=O)OC1(C(C)CC)C2CC(C)CC3CC1[C@H]3C2. The minimum absolute atomic E-state index is 0.199. The van der Waals surface area contributed by atoms with E-state index in [0.717, 1.165) is 24.2 Å². The van der Waals surface area contributed by atoms with E-state index in [-0.39, 0.29) is 11.6 Å². The molecule has 3 fully saturated rings. The Morgan fingerprint density at radius 2 is 2.15 bits per heavy atom. The Bertz CT molecular complexity index is 414. The van der Waals surface area contributed by atoms with E-state index >= 15 is 0 Å². The maximum atomic E-state index is 12.0. The lowest BCUT2D eigenvalue weighted by atomic mass is 9.56. The van der Waals surface area contributed by atoms with Crippen LogP contribution < -0.4 is 0 Å². The van der Waals surface area contributed by atoms with Crippen molar-refractivity contribution in [3.63, 3.8) is 0 Å². The molecule has 0 spiro atoms. The molecule has 0 amide bonds. The van der Waals surface area contributed by atoms with E-state index in [1.54, 1.807) is 0 Å². The summed E-state index contributed by atoms with van der Waals surface area (Å²) in [7, 11) is 0. The number of esters is 1. The fraction of sp³-hybridized carbons (Fsp3) is 0.833. The number of carbonyl (C=O) groups excluding carboxylic acids is 1. The highest BCUT2D eigenvalue weighted by Crippen LogP contribution is 2.67. The van der Waals surface area contributed by atoms with Crippen molar-refractivity contribution >= 4 is 5.97 Å². The Hall–Kier alpha value is -0.790. The molecule has 0 radical (unpaired) electrons. The molecule has 0 aliphatic heterocycles. The normalized spacial score (nSPS) is 47.0. The third-order valence-corrected chi connectivity index (χ3v) is 6.67. The quantitative estimate of drug-likeness (QED) is 0.568. The molecule has 2 bridgehead atoms. The molecule has 3 aliphatic rings. The van der Waals surface area contributed by atoms with Gasteiger partial charge >= 0.3 is 5.97 Å². The van der Waals surface area contributed by atoms with E-state index < -0.39 is 0 Å². The molecule has 3 rings (SSSR count). The molecule has 2 heteroatoms. The van der Waals surface area contributed by atoms with Crippen LogP contribution in [0.1, 0.15) is 52.9 Å². The van der Waals surface area contributed by atoms with E-state index in [0.29, 0.717) is 17.8 Å². The van der Waals surface area contributed by atoms with Crippen molar-refractivity contribution in [2.75, 3.05) is 0 Å². The lowest BCUT2D eigenvalue weighted by Gasteiger charge is -2.53. The van der Waals surface area contributed by atoms with Gasteiger partial charge in [-0.25, -0.2) is 4.79 Å². The third-order valence-electron chi connectivity index (χ3n) is 6.67. The molecule has 3 saturated carbocycles. The van der Waals surface area contributed by atoms with Crippen molar-refractivity contribution in [2.45, 2.75) is 58.5 Å². The summed E-state index contributed by atoms with van der Waals surface area (Å²) in [5.74, 6) is 3.92. The number of fused-ring (bicyclic) bond motifs is 1. The third kappa shape index (κ3) is 1.79. The summed E-state index contributed by atoms with van der Waals surface area (Å²) < 4.78 is 6.11. The number of carbonyl (C=O) groups is 1. The minimum atomic E-state index is -0.215. The smallest absolute Gasteiger partial charge is 0.330 e. The van der Waals surface area contributed by atoms with Crippen molar-refractivity contribution in [2.24, 2.45) is 35.5 Å². The standard InChI is InChI=1S/C18H28O2/c1-5-12(4)18(20-17(19)6-2)14-8-11(3)7-13-9-16(18)15(13)10-14/h6,11-16H,2,5,7-10H2,1,3-4H3/t11?,12?,13?,14?,15-,16?,18?/m0/s1. The Morgan fingerprint density at radius 3 is 2.80 bits per heavy atom. The van der Waals surface area contributed by atoms with Gasteiger partial charge in [0.05, 0.1) is 0 Å². The largest absolute Gasteiger partial charge is 0.455 e. The van der Waals surface area contributed by atoms with Crippen molar-refractivity contribution in [3.8, 4) is 0 Å². The van der Waals surface area contributed by atoms with E-state index in [4.69, 9.17) is 4.74 Å². The highest BCUT2D eigenvalue weighted by molar-refractivity contribution is 5.81. The van der Waals surface area contributed by atoms with Crippen LogP contribution in [0, 0.1) is 35.5 Å². The maximum Gasteiger partial charge on any atom is 0.330 e. The van der Waals surface area contributed by atoms with Crippen LogP contribution in [0.25, 0.3) is 0 Å². The van der Waals surface area contributed by atoms with Crippen molar-refractivity contribution in [3.05, 3.63) is 12.7 Å². The van der Waals surface area contributed by atoms with Gasteiger partial charge in [0, 0.05) is 12.0 Å². The number of ether oxygens (including phenoxy) is 1. The van der Waals surface area contributed by atoms with E-state index in [9.17, 15) is 4.79 Å². The topological polar surface area (TPSA) is 26.3 Å². The molecule has 7 atom stereocenters.